The van der Waals surface area contributed by atoms with E-state index in [0.717, 1.165) is 5.56 Å². The van der Waals surface area contributed by atoms with Gasteiger partial charge >= 0.3 is 0 Å². The summed E-state index contributed by atoms with van der Waals surface area (Å²) in [6, 6.07) is 6.96. The maximum Gasteiger partial charge on any atom is 0.115 e. The topological polar surface area (TPSA) is 23.8 Å². The molecule has 0 aliphatic heterocycles. The molecule has 0 spiro atoms. The molecule has 2 heteroatoms. The Morgan fingerprint density at radius 2 is 2.27 bits per heavy atom. The van der Waals surface area contributed by atoms with Gasteiger partial charge in [-0.3, -0.25) is 0 Å². The molecule has 0 atom stereocenters. The average Bonchev–Trinajstić information content (AvgIpc) is 2.04. The molecule has 0 N–H and O–H groups in total. The van der Waals surface area contributed by atoms with Gasteiger partial charge in [0.1, 0.15) is 6.67 Å². The minimum atomic E-state index is -0.461. The molecule has 0 saturated heterocycles. The van der Waals surface area contributed by atoms with Gasteiger partial charge in [-0.15, -0.1) is 0 Å². The van der Waals surface area contributed by atoms with Crippen molar-refractivity contribution in [1.82, 2.24) is 0 Å². The molecule has 0 radical (unpaired) electrons. The number of alkyl halides is 1. The summed E-state index contributed by atoms with van der Waals surface area (Å²) < 4.78 is 12.1. The normalized spacial score (nSPS) is 9.18. The van der Waals surface area contributed by atoms with Crippen LogP contribution in [0.15, 0.2) is 18.2 Å². The Morgan fingerprint density at radius 1 is 1.55 bits per heavy atom. The van der Waals surface area contributed by atoms with E-state index in [1.807, 2.05) is 6.07 Å². The standard InChI is InChI=1S/C9H8FN/c1-7-4-8(6-11)2-3-9(7)5-10/h2-4H,5H2,1H3. The fourth-order valence-electron chi connectivity index (χ4n) is 0.915. The van der Waals surface area contributed by atoms with Crippen LogP contribution < -0.4 is 0 Å². The van der Waals surface area contributed by atoms with Gasteiger partial charge in [0, 0.05) is 0 Å². The highest BCUT2D eigenvalue weighted by molar-refractivity contribution is 5.37. The van der Waals surface area contributed by atoms with E-state index in [2.05, 4.69) is 0 Å². The first-order valence-corrected chi connectivity index (χ1v) is 3.33. The first-order valence-electron chi connectivity index (χ1n) is 3.33. The molecule has 0 aliphatic carbocycles. The Kier molecular flexibility index (Phi) is 2.22. The molecule has 0 bridgehead atoms. The van der Waals surface area contributed by atoms with Gasteiger partial charge in [-0.05, 0) is 30.2 Å². The summed E-state index contributed by atoms with van der Waals surface area (Å²) in [5.74, 6) is 0. The molecule has 1 aromatic carbocycles. The number of hydrogen-bond acceptors (Lipinski definition) is 1. The summed E-state index contributed by atoms with van der Waals surface area (Å²) in [5, 5.41) is 8.48. The van der Waals surface area contributed by atoms with Crippen molar-refractivity contribution in [2.24, 2.45) is 0 Å². The van der Waals surface area contributed by atoms with E-state index < -0.39 is 6.67 Å². The van der Waals surface area contributed by atoms with E-state index in [-0.39, 0.29) is 0 Å². The fourth-order valence-corrected chi connectivity index (χ4v) is 0.915. The number of hydrogen-bond donors (Lipinski definition) is 0. The van der Waals surface area contributed by atoms with Crippen molar-refractivity contribution >= 4 is 0 Å². The monoisotopic (exact) mass is 149 g/mol. The molecule has 1 aromatic rings. The molecular weight excluding hydrogens is 141 g/mol. The SMILES string of the molecule is Cc1cc(C#N)ccc1CF. The van der Waals surface area contributed by atoms with Crippen LogP contribution in [0.4, 0.5) is 4.39 Å². The summed E-state index contributed by atoms with van der Waals surface area (Å²) in [5.41, 5.74) is 2.08. The van der Waals surface area contributed by atoms with Crippen molar-refractivity contribution in [1.29, 1.82) is 5.26 Å². The number of benzene rings is 1. The van der Waals surface area contributed by atoms with Crippen LogP contribution in [0.3, 0.4) is 0 Å². The second-order valence-electron chi connectivity index (χ2n) is 2.39. The number of rotatable bonds is 1. The molecule has 0 aromatic heterocycles. The van der Waals surface area contributed by atoms with Gasteiger partial charge in [0.05, 0.1) is 11.6 Å². The van der Waals surface area contributed by atoms with Crippen molar-refractivity contribution in [2.75, 3.05) is 0 Å². The zero-order valence-corrected chi connectivity index (χ0v) is 6.26. The van der Waals surface area contributed by atoms with Crippen molar-refractivity contribution in [3.8, 4) is 6.07 Å². The average molecular weight is 149 g/mol. The molecule has 0 amide bonds. The molecular formula is C9H8FN. The van der Waals surface area contributed by atoms with Gasteiger partial charge in [0.25, 0.3) is 0 Å². The third kappa shape index (κ3) is 1.56. The van der Waals surface area contributed by atoms with E-state index in [9.17, 15) is 4.39 Å². The largest absolute Gasteiger partial charge is 0.246 e. The Hall–Kier alpha value is -1.36. The van der Waals surface area contributed by atoms with Gasteiger partial charge in [-0.25, -0.2) is 4.39 Å². The molecule has 0 unspecified atom stereocenters. The van der Waals surface area contributed by atoms with Gasteiger partial charge in [0.15, 0.2) is 0 Å². The molecule has 0 saturated carbocycles. The third-order valence-electron chi connectivity index (χ3n) is 1.62. The second kappa shape index (κ2) is 3.16. The van der Waals surface area contributed by atoms with Crippen LogP contribution in [-0.4, -0.2) is 0 Å². The Labute approximate surface area is 65.1 Å². The quantitative estimate of drug-likeness (QED) is 0.601. The van der Waals surface area contributed by atoms with E-state index in [0.29, 0.717) is 11.1 Å². The highest BCUT2D eigenvalue weighted by atomic mass is 19.1. The summed E-state index contributed by atoms with van der Waals surface area (Å²) in [6.45, 7) is 1.34. The Bertz CT molecular complexity index is 299. The number of halogens is 1. The highest BCUT2D eigenvalue weighted by Crippen LogP contribution is 2.11. The van der Waals surface area contributed by atoms with Crippen molar-refractivity contribution < 1.29 is 4.39 Å². The summed E-state index contributed by atoms with van der Waals surface area (Å²) in [6.07, 6.45) is 0. The number of nitrogens with zero attached hydrogens (tertiary/aromatic N) is 1. The van der Waals surface area contributed by atoms with Gasteiger partial charge in [-0.1, -0.05) is 6.07 Å². The van der Waals surface area contributed by atoms with Gasteiger partial charge in [0.2, 0.25) is 0 Å². The van der Waals surface area contributed by atoms with Crippen LogP contribution in [0.5, 0.6) is 0 Å². The van der Waals surface area contributed by atoms with Crippen LogP contribution in [0.1, 0.15) is 16.7 Å². The summed E-state index contributed by atoms with van der Waals surface area (Å²) in [7, 11) is 0. The van der Waals surface area contributed by atoms with Crippen molar-refractivity contribution in [3.05, 3.63) is 34.9 Å². The maximum absolute atomic E-state index is 12.1. The molecule has 0 aliphatic rings. The molecule has 1 rings (SSSR count). The van der Waals surface area contributed by atoms with Crippen LogP contribution in [0.2, 0.25) is 0 Å². The minimum Gasteiger partial charge on any atom is -0.246 e. The van der Waals surface area contributed by atoms with E-state index in [1.54, 1.807) is 25.1 Å². The van der Waals surface area contributed by atoms with Gasteiger partial charge in [-0.2, -0.15) is 5.26 Å². The predicted octanol–water partition coefficient (Wildman–Crippen LogP) is 2.34. The Morgan fingerprint density at radius 3 is 2.73 bits per heavy atom. The lowest BCUT2D eigenvalue weighted by Gasteiger charge is -1.99. The molecule has 56 valence electrons. The van der Waals surface area contributed by atoms with E-state index in [1.165, 1.54) is 0 Å². The first kappa shape index (κ1) is 7.74. The molecule has 0 fully saturated rings. The van der Waals surface area contributed by atoms with Crippen LogP contribution in [0, 0.1) is 18.3 Å². The van der Waals surface area contributed by atoms with Crippen LogP contribution in [0.25, 0.3) is 0 Å². The number of aryl methyl sites for hydroxylation is 1. The fraction of sp³-hybridized carbons (Fsp3) is 0.222. The smallest absolute Gasteiger partial charge is 0.115 e. The number of nitriles is 1. The van der Waals surface area contributed by atoms with E-state index in [4.69, 9.17) is 5.26 Å². The predicted molar refractivity (Wildman–Crippen MR) is 40.7 cm³/mol. The highest BCUT2D eigenvalue weighted by Gasteiger charge is 1.97. The third-order valence-corrected chi connectivity index (χ3v) is 1.62. The zero-order chi connectivity index (χ0) is 8.27. The minimum absolute atomic E-state index is 0.461. The lowest BCUT2D eigenvalue weighted by molar-refractivity contribution is 0.483. The zero-order valence-electron chi connectivity index (χ0n) is 6.26. The maximum atomic E-state index is 12.1. The first-order chi connectivity index (χ1) is 5.27. The Balaban J connectivity index is 3.12. The van der Waals surface area contributed by atoms with Crippen LogP contribution >= 0.6 is 0 Å². The molecule has 0 heterocycles. The molecule has 11 heavy (non-hydrogen) atoms. The van der Waals surface area contributed by atoms with Crippen molar-refractivity contribution in [2.45, 2.75) is 13.6 Å². The lowest BCUT2D eigenvalue weighted by atomic mass is 10.1. The van der Waals surface area contributed by atoms with Crippen molar-refractivity contribution in [3.63, 3.8) is 0 Å². The van der Waals surface area contributed by atoms with Crippen LogP contribution in [-0.2, 0) is 6.67 Å². The van der Waals surface area contributed by atoms with Gasteiger partial charge < -0.3 is 0 Å². The second-order valence-corrected chi connectivity index (χ2v) is 2.39. The summed E-state index contributed by atoms with van der Waals surface area (Å²) in [4.78, 5) is 0. The molecule has 1 nitrogen and oxygen atoms in total. The summed E-state index contributed by atoms with van der Waals surface area (Å²) >= 11 is 0. The van der Waals surface area contributed by atoms with E-state index >= 15 is 0 Å². The lowest BCUT2D eigenvalue weighted by Crippen LogP contribution is -1.85.